The van der Waals surface area contributed by atoms with E-state index in [1.807, 2.05) is 24.2 Å². The van der Waals surface area contributed by atoms with Gasteiger partial charge in [0.25, 0.3) is 0 Å². The molecule has 2 amide bonds. The number of anilines is 1. The Balaban J connectivity index is 1.33. The molecule has 138 valence electrons. The summed E-state index contributed by atoms with van der Waals surface area (Å²) in [6.45, 7) is 6.13. The lowest BCUT2D eigenvalue weighted by Crippen LogP contribution is -2.40. The van der Waals surface area contributed by atoms with Gasteiger partial charge in [0.2, 0.25) is 0 Å². The lowest BCUT2D eigenvalue weighted by Gasteiger charge is -2.33. The molecule has 0 bridgehead atoms. The number of amides is 2. The van der Waals surface area contributed by atoms with Crippen LogP contribution in [0, 0.1) is 11.8 Å². The third-order valence-electron chi connectivity index (χ3n) is 5.67. The number of aromatic nitrogens is 1. The zero-order chi connectivity index (χ0) is 17.6. The SMILES string of the molecule is C[C@@H](O)[C@H]1CCN(C(=O)NCCC2CCN(c3ccncc3)CC2)C1. The van der Waals surface area contributed by atoms with E-state index in [1.165, 1.54) is 18.5 Å². The number of hydrogen-bond acceptors (Lipinski definition) is 4. The highest BCUT2D eigenvalue weighted by atomic mass is 16.3. The number of urea groups is 1. The third-order valence-corrected chi connectivity index (χ3v) is 5.67. The van der Waals surface area contributed by atoms with Gasteiger partial charge in [-0.2, -0.15) is 0 Å². The van der Waals surface area contributed by atoms with E-state index in [1.54, 1.807) is 0 Å². The van der Waals surface area contributed by atoms with Crippen LogP contribution >= 0.6 is 0 Å². The number of aliphatic hydroxyl groups excluding tert-OH is 1. The molecule has 2 atom stereocenters. The minimum atomic E-state index is -0.330. The molecule has 1 aromatic heterocycles. The van der Waals surface area contributed by atoms with Crippen LogP contribution in [-0.4, -0.2) is 59.8 Å². The molecule has 2 saturated heterocycles. The van der Waals surface area contributed by atoms with Gasteiger partial charge in [0.1, 0.15) is 0 Å². The second kappa shape index (κ2) is 8.52. The molecule has 6 heteroatoms. The first kappa shape index (κ1) is 18.0. The van der Waals surface area contributed by atoms with Crippen LogP contribution in [0.5, 0.6) is 0 Å². The fourth-order valence-corrected chi connectivity index (χ4v) is 3.90. The lowest BCUT2D eigenvalue weighted by molar-refractivity contribution is 0.129. The Labute approximate surface area is 150 Å². The number of rotatable bonds is 5. The van der Waals surface area contributed by atoms with Crippen molar-refractivity contribution < 1.29 is 9.90 Å². The number of nitrogens with one attached hydrogen (secondary N) is 1. The monoisotopic (exact) mass is 346 g/mol. The molecule has 0 radical (unpaired) electrons. The summed E-state index contributed by atoms with van der Waals surface area (Å²) in [6.07, 6.45) is 7.65. The highest BCUT2D eigenvalue weighted by Crippen LogP contribution is 2.24. The Morgan fingerprint density at radius 3 is 2.64 bits per heavy atom. The van der Waals surface area contributed by atoms with E-state index in [-0.39, 0.29) is 18.1 Å². The summed E-state index contributed by atoms with van der Waals surface area (Å²) in [5, 5.41) is 12.7. The van der Waals surface area contributed by atoms with Crippen molar-refractivity contribution in [2.75, 3.05) is 37.6 Å². The van der Waals surface area contributed by atoms with E-state index in [0.717, 1.165) is 39.0 Å². The molecule has 1 aromatic rings. The van der Waals surface area contributed by atoms with Gasteiger partial charge in [-0.1, -0.05) is 0 Å². The van der Waals surface area contributed by atoms with Crippen LogP contribution in [0.15, 0.2) is 24.5 Å². The zero-order valence-corrected chi connectivity index (χ0v) is 15.1. The molecule has 3 rings (SSSR count). The summed E-state index contributed by atoms with van der Waals surface area (Å²) >= 11 is 0. The Hall–Kier alpha value is -1.82. The molecule has 0 aliphatic carbocycles. The number of carbonyl (C=O) groups is 1. The molecule has 6 nitrogen and oxygen atoms in total. The van der Waals surface area contributed by atoms with Crippen molar-refractivity contribution in [3.05, 3.63) is 24.5 Å². The predicted molar refractivity (Wildman–Crippen MR) is 98.6 cm³/mol. The van der Waals surface area contributed by atoms with Crippen molar-refractivity contribution in [1.29, 1.82) is 0 Å². The lowest BCUT2D eigenvalue weighted by atomic mass is 9.93. The zero-order valence-electron chi connectivity index (χ0n) is 15.1. The fourth-order valence-electron chi connectivity index (χ4n) is 3.90. The van der Waals surface area contributed by atoms with Crippen LogP contribution < -0.4 is 10.2 Å². The number of likely N-dealkylation sites (tertiary alicyclic amines) is 1. The second-order valence-corrected chi connectivity index (χ2v) is 7.39. The van der Waals surface area contributed by atoms with Gasteiger partial charge >= 0.3 is 6.03 Å². The molecule has 25 heavy (non-hydrogen) atoms. The van der Waals surface area contributed by atoms with E-state index < -0.39 is 0 Å². The summed E-state index contributed by atoms with van der Waals surface area (Å²) in [7, 11) is 0. The molecule has 2 aliphatic rings. The smallest absolute Gasteiger partial charge is 0.317 e. The number of hydrogen-bond donors (Lipinski definition) is 2. The molecule has 3 heterocycles. The topological polar surface area (TPSA) is 68.7 Å². The average molecular weight is 346 g/mol. The van der Waals surface area contributed by atoms with Crippen molar-refractivity contribution in [3.8, 4) is 0 Å². The summed E-state index contributed by atoms with van der Waals surface area (Å²) in [5.74, 6) is 0.908. The highest BCUT2D eigenvalue weighted by Gasteiger charge is 2.29. The van der Waals surface area contributed by atoms with Crippen molar-refractivity contribution in [3.63, 3.8) is 0 Å². The van der Waals surface area contributed by atoms with Gasteiger partial charge in [0.05, 0.1) is 6.10 Å². The summed E-state index contributed by atoms with van der Waals surface area (Å²) in [5.41, 5.74) is 1.25. The molecule has 0 aromatic carbocycles. The molecule has 2 aliphatic heterocycles. The molecule has 2 fully saturated rings. The van der Waals surface area contributed by atoms with E-state index in [0.29, 0.717) is 12.5 Å². The second-order valence-electron chi connectivity index (χ2n) is 7.39. The Bertz CT molecular complexity index is 544. The van der Waals surface area contributed by atoms with Crippen LogP contribution in [0.25, 0.3) is 0 Å². The maximum Gasteiger partial charge on any atom is 0.317 e. The Kier molecular flexibility index (Phi) is 6.13. The molecule has 0 saturated carbocycles. The van der Waals surface area contributed by atoms with E-state index in [9.17, 15) is 9.90 Å². The Morgan fingerprint density at radius 1 is 1.28 bits per heavy atom. The average Bonchev–Trinajstić information content (AvgIpc) is 3.14. The largest absolute Gasteiger partial charge is 0.393 e. The normalized spacial score (nSPS) is 22.9. The molecular weight excluding hydrogens is 316 g/mol. The summed E-state index contributed by atoms with van der Waals surface area (Å²) in [4.78, 5) is 20.5. The van der Waals surface area contributed by atoms with E-state index >= 15 is 0 Å². The quantitative estimate of drug-likeness (QED) is 0.857. The predicted octanol–water partition coefficient (Wildman–Crippen LogP) is 2.10. The summed E-state index contributed by atoms with van der Waals surface area (Å²) in [6, 6.07) is 4.16. The molecule has 0 unspecified atom stereocenters. The maximum atomic E-state index is 12.2. The molecular formula is C19H30N4O2. The first-order valence-electron chi connectivity index (χ1n) is 9.49. The van der Waals surface area contributed by atoms with Crippen LogP contribution in [0.1, 0.15) is 32.6 Å². The van der Waals surface area contributed by atoms with Gasteiger partial charge in [-0.05, 0) is 50.7 Å². The van der Waals surface area contributed by atoms with Gasteiger partial charge < -0.3 is 20.2 Å². The number of nitrogens with zero attached hydrogens (tertiary/aromatic N) is 3. The van der Waals surface area contributed by atoms with Gasteiger partial charge in [-0.15, -0.1) is 0 Å². The first-order valence-corrected chi connectivity index (χ1v) is 9.49. The van der Waals surface area contributed by atoms with Crippen molar-refractivity contribution in [1.82, 2.24) is 15.2 Å². The van der Waals surface area contributed by atoms with Crippen molar-refractivity contribution in [2.45, 2.75) is 38.7 Å². The van der Waals surface area contributed by atoms with Gasteiger partial charge in [0.15, 0.2) is 0 Å². The van der Waals surface area contributed by atoms with Gasteiger partial charge in [0, 0.05) is 56.7 Å². The van der Waals surface area contributed by atoms with E-state index in [2.05, 4.69) is 27.3 Å². The van der Waals surface area contributed by atoms with Crippen LogP contribution in [0.4, 0.5) is 10.5 Å². The van der Waals surface area contributed by atoms with Gasteiger partial charge in [-0.3, -0.25) is 4.98 Å². The number of piperidine rings is 1. The standard InChI is InChI=1S/C19H30N4O2/c1-15(24)17-7-13-23(14-17)19(25)21-10-2-16-5-11-22(12-6-16)18-3-8-20-9-4-18/h3-4,8-9,15-17,24H,2,5-7,10-14H2,1H3,(H,21,25)/t15-,17+/m1/s1. The third kappa shape index (κ3) is 4.84. The van der Waals surface area contributed by atoms with Crippen LogP contribution in [0.3, 0.4) is 0 Å². The number of carbonyl (C=O) groups excluding carboxylic acids is 1. The highest BCUT2D eigenvalue weighted by molar-refractivity contribution is 5.74. The van der Waals surface area contributed by atoms with Gasteiger partial charge in [-0.25, -0.2) is 4.79 Å². The number of aliphatic hydroxyl groups is 1. The molecule has 2 N–H and O–H groups in total. The number of pyridine rings is 1. The molecule has 0 spiro atoms. The minimum absolute atomic E-state index is 0.0253. The maximum absolute atomic E-state index is 12.2. The van der Waals surface area contributed by atoms with Crippen molar-refractivity contribution in [2.24, 2.45) is 11.8 Å². The van der Waals surface area contributed by atoms with Crippen LogP contribution in [-0.2, 0) is 0 Å². The Morgan fingerprint density at radius 2 is 2.00 bits per heavy atom. The first-order chi connectivity index (χ1) is 12.1. The van der Waals surface area contributed by atoms with Crippen LogP contribution in [0.2, 0.25) is 0 Å². The minimum Gasteiger partial charge on any atom is -0.393 e. The van der Waals surface area contributed by atoms with Crippen molar-refractivity contribution >= 4 is 11.7 Å². The van der Waals surface area contributed by atoms with E-state index in [4.69, 9.17) is 0 Å². The summed E-state index contributed by atoms with van der Waals surface area (Å²) < 4.78 is 0. The fraction of sp³-hybridized carbons (Fsp3) is 0.684.